The van der Waals surface area contributed by atoms with E-state index >= 15 is 0 Å². The molecule has 4 N–H and O–H groups in total. The molecule has 1 aromatic rings. The highest BCUT2D eigenvalue weighted by atomic mass is 19.2. The molecule has 6 nitrogen and oxygen atoms in total. The first kappa shape index (κ1) is 14.9. The van der Waals surface area contributed by atoms with Gasteiger partial charge in [0.15, 0.2) is 23.2 Å². The Bertz CT molecular complexity index is 622. The number of amidine groups is 1. The largest absolute Gasteiger partial charge is 0.503 e. The third-order valence-corrected chi connectivity index (χ3v) is 3.33. The first-order chi connectivity index (χ1) is 9.88. The molecule has 21 heavy (non-hydrogen) atoms. The molecule has 0 aliphatic carbocycles. The molecule has 1 aromatic carbocycles. The van der Waals surface area contributed by atoms with Gasteiger partial charge in [0.1, 0.15) is 0 Å². The van der Waals surface area contributed by atoms with Crippen molar-refractivity contribution in [2.24, 2.45) is 10.9 Å². The summed E-state index contributed by atoms with van der Waals surface area (Å²) in [5.74, 6) is -7.64. The van der Waals surface area contributed by atoms with E-state index in [-0.39, 0.29) is 12.4 Å². The number of nitrogens with two attached hydrogens (primary N) is 1. The van der Waals surface area contributed by atoms with E-state index < -0.39 is 40.7 Å². The van der Waals surface area contributed by atoms with Gasteiger partial charge in [0.25, 0.3) is 5.91 Å². The van der Waals surface area contributed by atoms with Crippen LogP contribution in [0.2, 0.25) is 0 Å². The van der Waals surface area contributed by atoms with Crippen molar-refractivity contribution in [2.75, 3.05) is 6.54 Å². The smallest absolute Gasteiger partial charge is 0.257 e. The van der Waals surface area contributed by atoms with Gasteiger partial charge in [-0.2, -0.15) is 4.39 Å². The van der Waals surface area contributed by atoms with E-state index in [1.165, 1.54) is 0 Å². The Labute approximate surface area is 117 Å². The van der Waals surface area contributed by atoms with Crippen LogP contribution in [0.25, 0.3) is 0 Å². The Morgan fingerprint density at radius 2 is 2.05 bits per heavy atom. The van der Waals surface area contributed by atoms with Crippen LogP contribution < -0.4 is 5.73 Å². The number of benzene rings is 1. The van der Waals surface area contributed by atoms with Crippen molar-refractivity contribution >= 4 is 11.7 Å². The Balaban J connectivity index is 2.41. The maximum Gasteiger partial charge on any atom is 0.257 e. The lowest BCUT2D eigenvalue weighted by atomic mass is 10.1. The molecule has 1 aliphatic rings. The minimum absolute atomic E-state index is 0.179. The van der Waals surface area contributed by atoms with Crippen LogP contribution in [0.5, 0.6) is 5.75 Å². The standard InChI is InChI=1S/C12H12F3N3O3/c13-6-4-5(8(14)10(19)9(6)15)12(20)18-3-1-2-7(18)11(16)17-21/h4,7,19,21H,1-3H2,(H2,16,17). The third-order valence-electron chi connectivity index (χ3n) is 3.33. The van der Waals surface area contributed by atoms with Crippen LogP contribution in [0.3, 0.4) is 0 Å². The average molecular weight is 303 g/mol. The van der Waals surface area contributed by atoms with Gasteiger partial charge in [0.2, 0.25) is 5.82 Å². The van der Waals surface area contributed by atoms with Crippen molar-refractivity contribution < 1.29 is 28.3 Å². The van der Waals surface area contributed by atoms with Crippen molar-refractivity contribution in [3.05, 3.63) is 29.1 Å². The first-order valence-corrected chi connectivity index (χ1v) is 6.03. The number of likely N-dealkylation sites (tertiary alicyclic amines) is 1. The van der Waals surface area contributed by atoms with E-state index in [2.05, 4.69) is 5.16 Å². The number of carbonyl (C=O) groups is 1. The summed E-state index contributed by atoms with van der Waals surface area (Å²) in [6.07, 6.45) is 0.906. The number of carbonyl (C=O) groups excluding carboxylic acids is 1. The number of hydrogen-bond acceptors (Lipinski definition) is 4. The molecule has 1 amide bonds. The third kappa shape index (κ3) is 2.46. The van der Waals surface area contributed by atoms with Gasteiger partial charge < -0.3 is 20.9 Å². The molecule has 114 valence electrons. The molecule has 1 saturated heterocycles. The van der Waals surface area contributed by atoms with Gasteiger partial charge in [-0.3, -0.25) is 4.79 Å². The number of aromatic hydroxyl groups is 1. The number of nitrogens with zero attached hydrogens (tertiary/aromatic N) is 2. The van der Waals surface area contributed by atoms with Gasteiger partial charge in [-0.25, -0.2) is 8.78 Å². The molecule has 1 atom stereocenters. The van der Waals surface area contributed by atoms with Crippen LogP contribution in [0.15, 0.2) is 11.2 Å². The Kier molecular flexibility index (Phi) is 3.92. The van der Waals surface area contributed by atoms with Gasteiger partial charge in [-0.15, -0.1) is 0 Å². The van der Waals surface area contributed by atoms with Crippen molar-refractivity contribution in [3.63, 3.8) is 0 Å². The monoisotopic (exact) mass is 303 g/mol. The maximum atomic E-state index is 13.7. The summed E-state index contributed by atoms with van der Waals surface area (Å²) in [5.41, 5.74) is 4.62. The molecule has 9 heteroatoms. The fourth-order valence-electron chi connectivity index (χ4n) is 2.28. The molecule has 2 rings (SSSR count). The second-order valence-corrected chi connectivity index (χ2v) is 4.56. The van der Waals surface area contributed by atoms with Gasteiger partial charge in [0.05, 0.1) is 11.6 Å². The number of hydrogen-bond donors (Lipinski definition) is 3. The van der Waals surface area contributed by atoms with Crippen LogP contribution in [-0.2, 0) is 0 Å². The van der Waals surface area contributed by atoms with E-state index in [1.54, 1.807) is 0 Å². The minimum atomic E-state index is -1.77. The highest BCUT2D eigenvalue weighted by Gasteiger charge is 2.35. The summed E-state index contributed by atoms with van der Waals surface area (Å²) in [6.45, 7) is 0.179. The molecule has 0 radical (unpaired) electrons. The number of rotatable bonds is 2. The average Bonchev–Trinajstić information content (AvgIpc) is 2.96. The summed E-state index contributed by atoms with van der Waals surface area (Å²) in [7, 11) is 0. The van der Waals surface area contributed by atoms with Gasteiger partial charge >= 0.3 is 0 Å². The van der Waals surface area contributed by atoms with E-state index in [4.69, 9.17) is 16.0 Å². The van der Waals surface area contributed by atoms with Gasteiger partial charge in [-0.05, 0) is 18.9 Å². The van der Waals surface area contributed by atoms with Crippen LogP contribution in [0.1, 0.15) is 23.2 Å². The summed E-state index contributed by atoms with van der Waals surface area (Å²) < 4.78 is 40.0. The zero-order valence-corrected chi connectivity index (χ0v) is 10.7. The summed E-state index contributed by atoms with van der Waals surface area (Å²) in [6, 6.07) is -0.397. The van der Waals surface area contributed by atoms with Crippen molar-refractivity contribution in [1.82, 2.24) is 4.90 Å². The molecule has 0 saturated carbocycles. The minimum Gasteiger partial charge on any atom is -0.503 e. The second kappa shape index (κ2) is 5.51. The van der Waals surface area contributed by atoms with E-state index in [9.17, 15) is 18.0 Å². The van der Waals surface area contributed by atoms with Crippen LogP contribution in [0, 0.1) is 17.5 Å². The zero-order valence-electron chi connectivity index (χ0n) is 10.7. The lowest BCUT2D eigenvalue weighted by Gasteiger charge is -2.24. The Morgan fingerprint density at radius 1 is 1.38 bits per heavy atom. The zero-order chi connectivity index (χ0) is 15.7. The molecule has 0 bridgehead atoms. The molecule has 1 heterocycles. The number of phenolic OH excluding ortho intramolecular Hbond substituents is 1. The summed E-state index contributed by atoms with van der Waals surface area (Å²) >= 11 is 0. The van der Waals surface area contributed by atoms with E-state index in [0.717, 1.165) is 4.90 Å². The SMILES string of the molecule is NC(=NO)C1CCCN1C(=O)c1cc(F)c(F)c(O)c1F. The van der Waals surface area contributed by atoms with Gasteiger partial charge in [-0.1, -0.05) is 5.16 Å². The summed E-state index contributed by atoms with van der Waals surface area (Å²) in [4.78, 5) is 13.3. The molecule has 0 aromatic heterocycles. The van der Waals surface area contributed by atoms with Crippen LogP contribution in [-0.4, -0.2) is 39.5 Å². The molecule has 1 unspecified atom stereocenters. The van der Waals surface area contributed by atoms with Crippen LogP contribution >= 0.6 is 0 Å². The Hall–Kier alpha value is -2.45. The maximum absolute atomic E-state index is 13.7. The fraction of sp³-hybridized carbons (Fsp3) is 0.333. The normalized spacial score (nSPS) is 19.1. The van der Waals surface area contributed by atoms with Crippen molar-refractivity contribution in [2.45, 2.75) is 18.9 Å². The predicted octanol–water partition coefficient (Wildman–Crippen LogP) is 1.16. The lowest BCUT2D eigenvalue weighted by molar-refractivity contribution is 0.0761. The fourth-order valence-corrected chi connectivity index (χ4v) is 2.28. The van der Waals surface area contributed by atoms with Crippen molar-refractivity contribution in [3.8, 4) is 5.75 Å². The number of halogens is 3. The lowest BCUT2D eigenvalue weighted by Crippen LogP contribution is -2.44. The molecular weight excluding hydrogens is 291 g/mol. The van der Waals surface area contributed by atoms with Crippen molar-refractivity contribution in [1.29, 1.82) is 0 Å². The topological polar surface area (TPSA) is 99.2 Å². The number of phenols is 1. The van der Waals surface area contributed by atoms with E-state index in [1.807, 2.05) is 0 Å². The number of amides is 1. The predicted molar refractivity (Wildman–Crippen MR) is 65.4 cm³/mol. The molecule has 1 fully saturated rings. The van der Waals surface area contributed by atoms with Gasteiger partial charge in [0, 0.05) is 6.54 Å². The van der Waals surface area contributed by atoms with E-state index in [0.29, 0.717) is 18.9 Å². The van der Waals surface area contributed by atoms with Crippen LogP contribution in [0.4, 0.5) is 13.2 Å². The Morgan fingerprint density at radius 3 is 2.67 bits per heavy atom. The first-order valence-electron chi connectivity index (χ1n) is 6.03. The quantitative estimate of drug-likeness (QED) is 0.251. The highest BCUT2D eigenvalue weighted by Crippen LogP contribution is 2.28. The molecular formula is C12H12F3N3O3. The second-order valence-electron chi connectivity index (χ2n) is 4.56. The highest BCUT2D eigenvalue weighted by molar-refractivity contribution is 5.99. The number of oxime groups is 1. The molecule has 0 spiro atoms. The molecule has 1 aliphatic heterocycles. The summed E-state index contributed by atoms with van der Waals surface area (Å²) in [5, 5.41) is 20.6.